The molecule has 3 heteroatoms. The number of anilines is 1. The van der Waals surface area contributed by atoms with E-state index in [1.165, 1.54) is 16.9 Å². The molecule has 0 aliphatic rings. The van der Waals surface area contributed by atoms with Crippen molar-refractivity contribution in [2.45, 2.75) is 5.92 Å². The van der Waals surface area contributed by atoms with Gasteiger partial charge in [0.2, 0.25) is 0 Å². The number of benzene rings is 1. The summed E-state index contributed by atoms with van der Waals surface area (Å²) in [5.74, 6) is 0.251. The molecule has 0 amide bonds. The molecule has 2 rings (SSSR count). The molecule has 1 heterocycles. The van der Waals surface area contributed by atoms with Gasteiger partial charge in [-0.2, -0.15) is 0 Å². The van der Waals surface area contributed by atoms with Gasteiger partial charge < -0.3 is 15.6 Å². The second-order valence-electron chi connectivity index (χ2n) is 4.40. The van der Waals surface area contributed by atoms with E-state index >= 15 is 0 Å². The summed E-state index contributed by atoms with van der Waals surface area (Å²) in [4.78, 5) is 5.33. The minimum Gasteiger partial charge on any atom is -0.378 e. The molecule has 0 saturated carbocycles. The summed E-state index contributed by atoms with van der Waals surface area (Å²) in [7, 11) is 4.08. The molecule has 0 fully saturated rings. The van der Waals surface area contributed by atoms with Gasteiger partial charge in [-0.1, -0.05) is 12.1 Å². The molecule has 3 nitrogen and oxygen atoms in total. The van der Waals surface area contributed by atoms with Gasteiger partial charge in [-0.05, 0) is 29.8 Å². The molecule has 3 N–H and O–H groups in total. The average molecular weight is 229 g/mol. The topological polar surface area (TPSA) is 45.0 Å². The third-order valence-electron chi connectivity index (χ3n) is 3.04. The van der Waals surface area contributed by atoms with E-state index in [-0.39, 0.29) is 5.92 Å². The lowest BCUT2D eigenvalue weighted by atomic mass is 9.96. The maximum Gasteiger partial charge on any atom is 0.0363 e. The Labute approximate surface area is 102 Å². The van der Waals surface area contributed by atoms with Crippen LogP contribution in [0, 0.1) is 0 Å². The standard InChI is InChI=1S/C14H19N3/c1-17(2)12-7-5-11(6-8-12)13(10-15)14-4-3-9-16-14/h3-9,13,16H,10,15H2,1-2H3. The Hall–Kier alpha value is -1.74. The van der Waals surface area contributed by atoms with Gasteiger partial charge in [0.25, 0.3) is 0 Å². The number of hydrogen-bond donors (Lipinski definition) is 2. The maximum atomic E-state index is 5.86. The van der Waals surface area contributed by atoms with Gasteiger partial charge in [0.15, 0.2) is 0 Å². The SMILES string of the molecule is CN(C)c1ccc(C(CN)c2ccc[nH]2)cc1. The van der Waals surface area contributed by atoms with Crippen molar-refractivity contribution in [2.24, 2.45) is 5.73 Å². The minimum atomic E-state index is 0.251. The van der Waals surface area contributed by atoms with Crippen molar-refractivity contribution in [3.05, 3.63) is 53.9 Å². The number of nitrogens with one attached hydrogen (secondary N) is 1. The molecular weight excluding hydrogens is 210 g/mol. The molecule has 1 aromatic heterocycles. The fourth-order valence-electron chi connectivity index (χ4n) is 2.01. The highest BCUT2D eigenvalue weighted by Gasteiger charge is 2.12. The normalized spacial score (nSPS) is 12.4. The van der Waals surface area contributed by atoms with Crippen LogP contribution < -0.4 is 10.6 Å². The molecule has 0 radical (unpaired) electrons. The van der Waals surface area contributed by atoms with Crippen LogP contribution >= 0.6 is 0 Å². The van der Waals surface area contributed by atoms with Crippen LogP contribution in [0.2, 0.25) is 0 Å². The molecule has 2 aromatic rings. The van der Waals surface area contributed by atoms with E-state index in [0.29, 0.717) is 6.54 Å². The van der Waals surface area contributed by atoms with Crippen molar-refractivity contribution < 1.29 is 0 Å². The zero-order chi connectivity index (χ0) is 12.3. The number of aromatic nitrogens is 1. The monoisotopic (exact) mass is 229 g/mol. The molecule has 1 atom stereocenters. The average Bonchev–Trinajstić information content (AvgIpc) is 2.84. The maximum absolute atomic E-state index is 5.86. The van der Waals surface area contributed by atoms with Crippen molar-refractivity contribution in [3.63, 3.8) is 0 Å². The van der Waals surface area contributed by atoms with Crippen LogP contribution in [0.25, 0.3) is 0 Å². The molecular formula is C14H19N3. The summed E-state index contributed by atoms with van der Waals surface area (Å²) < 4.78 is 0. The summed E-state index contributed by atoms with van der Waals surface area (Å²) in [5, 5.41) is 0. The Morgan fingerprint density at radius 1 is 1.18 bits per heavy atom. The Morgan fingerprint density at radius 2 is 1.88 bits per heavy atom. The van der Waals surface area contributed by atoms with Crippen molar-refractivity contribution in [2.75, 3.05) is 25.5 Å². The predicted octanol–water partition coefficient (Wildman–Crippen LogP) is 2.17. The second kappa shape index (κ2) is 5.06. The Bertz CT molecular complexity index is 443. The molecule has 0 aliphatic carbocycles. The minimum absolute atomic E-state index is 0.251. The Balaban J connectivity index is 2.26. The van der Waals surface area contributed by atoms with Crippen molar-refractivity contribution >= 4 is 5.69 Å². The number of aromatic amines is 1. The number of nitrogens with two attached hydrogens (primary N) is 1. The summed E-state index contributed by atoms with van der Waals surface area (Å²) in [6.45, 7) is 0.613. The zero-order valence-electron chi connectivity index (χ0n) is 10.4. The van der Waals surface area contributed by atoms with E-state index in [1.807, 2.05) is 26.4 Å². The van der Waals surface area contributed by atoms with Crippen LogP contribution in [0.1, 0.15) is 17.2 Å². The highest BCUT2D eigenvalue weighted by atomic mass is 15.1. The van der Waals surface area contributed by atoms with Crippen molar-refractivity contribution in [3.8, 4) is 0 Å². The first-order valence-electron chi connectivity index (χ1n) is 5.83. The quantitative estimate of drug-likeness (QED) is 0.844. The summed E-state index contributed by atoms with van der Waals surface area (Å²) >= 11 is 0. The van der Waals surface area contributed by atoms with Crippen LogP contribution in [0.15, 0.2) is 42.6 Å². The first-order valence-corrected chi connectivity index (χ1v) is 5.83. The lowest BCUT2D eigenvalue weighted by Crippen LogP contribution is -2.14. The lowest BCUT2D eigenvalue weighted by Gasteiger charge is -2.17. The molecule has 0 bridgehead atoms. The first-order chi connectivity index (χ1) is 8.22. The Kier molecular flexibility index (Phi) is 3.49. The first kappa shape index (κ1) is 11.7. The van der Waals surface area contributed by atoms with Crippen molar-refractivity contribution in [1.29, 1.82) is 0 Å². The zero-order valence-corrected chi connectivity index (χ0v) is 10.4. The van der Waals surface area contributed by atoms with Crippen LogP contribution in [0.3, 0.4) is 0 Å². The number of nitrogens with zero attached hydrogens (tertiary/aromatic N) is 1. The highest BCUT2D eigenvalue weighted by Crippen LogP contribution is 2.24. The largest absolute Gasteiger partial charge is 0.378 e. The van der Waals surface area contributed by atoms with E-state index in [2.05, 4.69) is 40.2 Å². The van der Waals surface area contributed by atoms with E-state index in [1.54, 1.807) is 0 Å². The van der Waals surface area contributed by atoms with Crippen LogP contribution in [-0.2, 0) is 0 Å². The molecule has 90 valence electrons. The number of rotatable bonds is 4. The Morgan fingerprint density at radius 3 is 2.35 bits per heavy atom. The van der Waals surface area contributed by atoms with Gasteiger partial charge in [-0.15, -0.1) is 0 Å². The van der Waals surface area contributed by atoms with Crippen LogP contribution in [0.4, 0.5) is 5.69 Å². The van der Waals surface area contributed by atoms with Crippen LogP contribution in [0.5, 0.6) is 0 Å². The molecule has 1 unspecified atom stereocenters. The van der Waals surface area contributed by atoms with Crippen LogP contribution in [-0.4, -0.2) is 25.6 Å². The van der Waals surface area contributed by atoms with Gasteiger partial charge in [-0.25, -0.2) is 0 Å². The lowest BCUT2D eigenvalue weighted by molar-refractivity contribution is 0.794. The predicted molar refractivity (Wildman–Crippen MR) is 72.5 cm³/mol. The third-order valence-corrected chi connectivity index (χ3v) is 3.04. The van der Waals surface area contributed by atoms with E-state index in [0.717, 1.165) is 0 Å². The number of hydrogen-bond acceptors (Lipinski definition) is 2. The molecule has 17 heavy (non-hydrogen) atoms. The van der Waals surface area contributed by atoms with Gasteiger partial charge >= 0.3 is 0 Å². The van der Waals surface area contributed by atoms with Gasteiger partial charge in [0, 0.05) is 44.1 Å². The van der Waals surface area contributed by atoms with E-state index < -0.39 is 0 Å². The van der Waals surface area contributed by atoms with Gasteiger partial charge in [0.05, 0.1) is 0 Å². The molecule has 0 aliphatic heterocycles. The highest BCUT2D eigenvalue weighted by molar-refractivity contribution is 5.47. The summed E-state index contributed by atoms with van der Waals surface area (Å²) in [6.07, 6.45) is 1.94. The molecule has 1 aromatic carbocycles. The van der Waals surface area contributed by atoms with Gasteiger partial charge in [0.1, 0.15) is 0 Å². The van der Waals surface area contributed by atoms with Crippen molar-refractivity contribution in [1.82, 2.24) is 4.98 Å². The van der Waals surface area contributed by atoms with Gasteiger partial charge in [-0.3, -0.25) is 0 Å². The molecule has 0 saturated heterocycles. The molecule has 0 spiro atoms. The number of H-pyrrole nitrogens is 1. The van der Waals surface area contributed by atoms with E-state index in [4.69, 9.17) is 5.73 Å². The van der Waals surface area contributed by atoms with E-state index in [9.17, 15) is 0 Å². The second-order valence-corrected chi connectivity index (χ2v) is 4.40. The fraction of sp³-hybridized carbons (Fsp3) is 0.286. The fourth-order valence-corrected chi connectivity index (χ4v) is 2.01. The summed E-state index contributed by atoms with van der Waals surface area (Å²) in [6, 6.07) is 12.6. The third kappa shape index (κ3) is 2.50. The smallest absolute Gasteiger partial charge is 0.0363 e. The summed E-state index contributed by atoms with van der Waals surface area (Å²) in [5.41, 5.74) is 9.49.